The van der Waals surface area contributed by atoms with Gasteiger partial charge in [-0.2, -0.15) is 5.26 Å². The number of nitriles is 1. The predicted octanol–water partition coefficient (Wildman–Crippen LogP) is 4.61. The van der Waals surface area contributed by atoms with Crippen LogP contribution < -0.4 is 10.1 Å². The van der Waals surface area contributed by atoms with Crippen molar-refractivity contribution in [3.05, 3.63) is 24.3 Å². The van der Waals surface area contributed by atoms with E-state index in [2.05, 4.69) is 32.2 Å². The Balaban J connectivity index is 2.28. The van der Waals surface area contributed by atoms with Crippen molar-refractivity contribution in [1.82, 2.24) is 0 Å². The zero-order valence-electron chi connectivity index (χ0n) is 13.6. The van der Waals surface area contributed by atoms with E-state index >= 15 is 0 Å². The molecule has 1 aliphatic rings. The summed E-state index contributed by atoms with van der Waals surface area (Å²) in [6.07, 6.45) is 4.36. The van der Waals surface area contributed by atoms with Crippen LogP contribution in [0, 0.1) is 22.7 Å². The molecular weight excluding hydrogens is 260 g/mol. The van der Waals surface area contributed by atoms with Crippen molar-refractivity contribution in [2.75, 3.05) is 12.4 Å². The van der Waals surface area contributed by atoms with E-state index < -0.39 is 5.54 Å². The van der Waals surface area contributed by atoms with Gasteiger partial charge in [-0.25, -0.2) is 0 Å². The third-order valence-corrected chi connectivity index (χ3v) is 4.61. The van der Waals surface area contributed by atoms with E-state index in [1.54, 1.807) is 7.11 Å². The predicted molar refractivity (Wildman–Crippen MR) is 86.4 cm³/mol. The number of hydrogen-bond donors (Lipinski definition) is 1. The molecule has 2 atom stereocenters. The Morgan fingerprint density at radius 1 is 1.24 bits per heavy atom. The van der Waals surface area contributed by atoms with Crippen LogP contribution in [0.1, 0.15) is 46.5 Å². The largest absolute Gasteiger partial charge is 0.497 e. The molecule has 2 unspecified atom stereocenters. The Bertz CT molecular complexity index is 510. The zero-order valence-corrected chi connectivity index (χ0v) is 13.6. The lowest BCUT2D eigenvalue weighted by atomic mass is 9.62. The van der Waals surface area contributed by atoms with Crippen molar-refractivity contribution in [2.45, 2.75) is 52.0 Å². The molecule has 114 valence electrons. The number of rotatable bonds is 3. The smallest absolute Gasteiger partial charge is 0.128 e. The van der Waals surface area contributed by atoms with E-state index in [0.717, 1.165) is 30.7 Å². The summed E-state index contributed by atoms with van der Waals surface area (Å²) in [5, 5.41) is 13.4. The van der Waals surface area contributed by atoms with Gasteiger partial charge in [-0.3, -0.25) is 0 Å². The summed E-state index contributed by atoms with van der Waals surface area (Å²) in [6.45, 7) is 6.72. The summed E-state index contributed by atoms with van der Waals surface area (Å²) in [5.74, 6) is 1.19. The second-order valence-electron chi connectivity index (χ2n) is 7.10. The molecule has 1 fully saturated rings. The van der Waals surface area contributed by atoms with Crippen molar-refractivity contribution < 1.29 is 4.74 Å². The molecule has 21 heavy (non-hydrogen) atoms. The molecule has 1 saturated carbocycles. The average molecular weight is 286 g/mol. The SMILES string of the molecule is COc1ccc(NC2(C#N)CCCCC2C(C)(C)C)cc1. The van der Waals surface area contributed by atoms with Gasteiger partial charge < -0.3 is 10.1 Å². The summed E-state index contributed by atoms with van der Waals surface area (Å²) in [5.41, 5.74) is 0.647. The highest BCUT2D eigenvalue weighted by atomic mass is 16.5. The first-order chi connectivity index (χ1) is 9.91. The summed E-state index contributed by atoms with van der Waals surface area (Å²) in [7, 11) is 1.66. The number of methoxy groups -OCH3 is 1. The fraction of sp³-hybridized carbons (Fsp3) is 0.611. The van der Waals surface area contributed by atoms with Crippen molar-refractivity contribution in [3.63, 3.8) is 0 Å². The molecule has 1 aromatic carbocycles. The molecule has 0 saturated heterocycles. The Morgan fingerprint density at radius 3 is 2.43 bits per heavy atom. The molecule has 1 N–H and O–H groups in total. The van der Waals surface area contributed by atoms with E-state index in [0.29, 0.717) is 5.92 Å². The van der Waals surface area contributed by atoms with Crippen LogP contribution in [-0.2, 0) is 0 Å². The topological polar surface area (TPSA) is 45.0 Å². The lowest BCUT2D eigenvalue weighted by Crippen LogP contribution is -2.51. The number of nitrogens with one attached hydrogen (secondary N) is 1. The number of hydrogen-bond acceptors (Lipinski definition) is 3. The van der Waals surface area contributed by atoms with Gasteiger partial charge in [0.1, 0.15) is 11.3 Å². The second kappa shape index (κ2) is 5.97. The first kappa shape index (κ1) is 15.7. The Kier molecular flexibility index (Phi) is 4.46. The second-order valence-corrected chi connectivity index (χ2v) is 7.10. The average Bonchev–Trinajstić information content (AvgIpc) is 2.47. The van der Waals surface area contributed by atoms with Crippen molar-refractivity contribution in [2.24, 2.45) is 11.3 Å². The third kappa shape index (κ3) is 3.32. The van der Waals surface area contributed by atoms with Crippen LogP contribution in [-0.4, -0.2) is 12.6 Å². The fourth-order valence-corrected chi connectivity index (χ4v) is 3.59. The number of nitrogens with zero attached hydrogens (tertiary/aromatic N) is 1. The van der Waals surface area contributed by atoms with Crippen LogP contribution >= 0.6 is 0 Å². The van der Waals surface area contributed by atoms with Gasteiger partial charge >= 0.3 is 0 Å². The van der Waals surface area contributed by atoms with Gasteiger partial charge in [-0.15, -0.1) is 0 Å². The van der Waals surface area contributed by atoms with Gasteiger partial charge in [0.05, 0.1) is 13.2 Å². The molecule has 0 radical (unpaired) electrons. The summed E-state index contributed by atoms with van der Waals surface area (Å²) in [6, 6.07) is 10.5. The van der Waals surface area contributed by atoms with Crippen molar-refractivity contribution >= 4 is 5.69 Å². The molecule has 0 amide bonds. The highest BCUT2D eigenvalue weighted by Gasteiger charge is 2.46. The van der Waals surface area contributed by atoms with Crippen LogP contribution in [0.3, 0.4) is 0 Å². The summed E-state index contributed by atoms with van der Waals surface area (Å²) >= 11 is 0. The first-order valence-electron chi connectivity index (χ1n) is 7.75. The van der Waals surface area contributed by atoms with Crippen molar-refractivity contribution in [3.8, 4) is 11.8 Å². The Hall–Kier alpha value is -1.69. The maximum Gasteiger partial charge on any atom is 0.128 e. The van der Waals surface area contributed by atoms with Crippen LogP contribution in [0.2, 0.25) is 0 Å². The van der Waals surface area contributed by atoms with E-state index in [1.807, 2.05) is 24.3 Å². The minimum atomic E-state index is -0.467. The normalized spacial score (nSPS) is 26.0. The lowest BCUT2D eigenvalue weighted by molar-refractivity contribution is 0.127. The molecule has 0 heterocycles. The van der Waals surface area contributed by atoms with E-state index in [9.17, 15) is 5.26 Å². The van der Waals surface area contributed by atoms with Crippen molar-refractivity contribution in [1.29, 1.82) is 5.26 Å². The summed E-state index contributed by atoms with van der Waals surface area (Å²) in [4.78, 5) is 0. The molecule has 0 aromatic heterocycles. The van der Waals surface area contributed by atoms with Crippen LogP contribution in [0.4, 0.5) is 5.69 Å². The first-order valence-corrected chi connectivity index (χ1v) is 7.75. The zero-order chi connectivity index (χ0) is 15.5. The highest BCUT2D eigenvalue weighted by molar-refractivity contribution is 5.50. The molecule has 1 aliphatic carbocycles. The van der Waals surface area contributed by atoms with Gasteiger partial charge in [0, 0.05) is 11.6 Å². The lowest BCUT2D eigenvalue weighted by Gasteiger charge is -2.46. The van der Waals surface area contributed by atoms with Crippen LogP contribution in [0.25, 0.3) is 0 Å². The number of benzene rings is 1. The van der Waals surface area contributed by atoms with Gasteiger partial charge in [-0.1, -0.05) is 33.6 Å². The molecule has 0 bridgehead atoms. The maximum atomic E-state index is 9.90. The maximum absolute atomic E-state index is 9.90. The molecule has 1 aromatic rings. The minimum absolute atomic E-state index is 0.121. The van der Waals surface area contributed by atoms with E-state index in [-0.39, 0.29) is 5.41 Å². The number of ether oxygens (including phenoxy) is 1. The Labute approximate surface area is 128 Å². The molecule has 0 spiro atoms. The van der Waals surface area contributed by atoms with E-state index in [4.69, 9.17) is 4.74 Å². The highest BCUT2D eigenvalue weighted by Crippen LogP contribution is 2.45. The van der Waals surface area contributed by atoms with Crippen LogP contribution in [0.5, 0.6) is 5.75 Å². The fourth-order valence-electron chi connectivity index (χ4n) is 3.59. The molecular formula is C18H26N2O. The van der Waals surface area contributed by atoms with Gasteiger partial charge in [0.2, 0.25) is 0 Å². The number of anilines is 1. The van der Waals surface area contributed by atoms with Gasteiger partial charge in [0.25, 0.3) is 0 Å². The molecule has 3 nitrogen and oxygen atoms in total. The van der Waals surface area contributed by atoms with Crippen LogP contribution in [0.15, 0.2) is 24.3 Å². The molecule has 2 rings (SSSR count). The minimum Gasteiger partial charge on any atom is -0.497 e. The van der Waals surface area contributed by atoms with Gasteiger partial charge in [0.15, 0.2) is 0 Å². The quantitative estimate of drug-likeness (QED) is 0.882. The standard InChI is InChI=1S/C18H26N2O/c1-17(2,3)16-7-5-6-12-18(16,13-19)20-14-8-10-15(21-4)11-9-14/h8-11,16,20H,5-7,12H2,1-4H3. The Morgan fingerprint density at radius 2 is 1.90 bits per heavy atom. The monoisotopic (exact) mass is 286 g/mol. The van der Waals surface area contributed by atoms with Gasteiger partial charge in [-0.05, 0) is 42.5 Å². The summed E-state index contributed by atoms with van der Waals surface area (Å²) < 4.78 is 5.19. The molecule has 0 aliphatic heterocycles. The third-order valence-electron chi connectivity index (χ3n) is 4.61. The van der Waals surface area contributed by atoms with E-state index in [1.165, 1.54) is 6.42 Å². The molecule has 3 heteroatoms.